The van der Waals surface area contributed by atoms with Gasteiger partial charge in [0, 0.05) is 10.7 Å². The number of amides is 1. The van der Waals surface area contributed by atoms with Gasteiger partial charge < -0.3 is 10.1 Å². The van der Waals surface area contributed by atoms with Crippen LogP contribution >= 0.6 is 11.6 Å². The van der Waals surface area contributed by atoms with Crippen molar-refractivity contribution in [3.8, 4) is 5.75 Å². The Labute approximate surface area is 133 Å². The Hall–Kier alpha value is -2.28. The molecule has 0 spiro atoms. The average molecular weight is 348 g/mol. The van der Waals surface area contributed by atoms with E-state index in [2.05, 4.69) is 5.32 Å². The second kappa shape index (κ2) is 6.87. The van der Waals surface area contributed by atoms with Gasteiger partial charge in [-0.2, -0.15) is 13.2 Å². The van der Waals surface area contributed by atoms with Gasteiger partial charge in [-0.05, 0) is 42.5 Å². The van der Waals surface area contributed by atoms with Crippen LogP contribution in [0.15, 0.2) is 42.5 Å². The van der Waals surface area contributed by atoms with E-state index in [0.717, 1.165) is 6.07 Å². The lowest BCUT2D eigenvalue weighted by Gasteiger charge is -2.11. The van der Waals surface area contributed by atoms with Gasteiger partial charge in [0.1, 0.15) is 11.6 Å². The van der Waals surface area contributed by atoms with Crippen LogP contribution in [0.4, 0.5) is 23.2 Å². The number of anilines is 1. The third kappa shape index (κ3) is 4.85. The molecular formula is C15H10ClF4NO2. The molecule has 1 amide bonds. The molecule has 0 saturated heterocycles. The number of alkyl halides is 3. The molecule has 0 radical (unpaired) electrons. The van der Waals surface area contributed by atoms with Crippen LogP contribution in [0.5, 0.6) is 5.75 Å². The molecule has 0 aromatic heterocycles. The summed E-state index contributed by atoms with van der Waals surface area (Å²) in [5.41, 5.74) is -1.63. The molecule has 2 rings (SSSR count). The minimum absolute atomic E-state index is 0.177. The van der Waals surface area contributed by atoms with Gasteiger partial charge >= 0.3 is 6.18 Å². The summed E-state index contributed by atoms with van der Waals surface area (Å²) in [5, 5.41) is 2.70. The fourth-order valence-electron chi connectivity index (χ4n) is 1.70. The fourth-order valence-corrected chi connectivity index (χ4v) is 1.82. The van der Waals surface area contributed by atoms with E-state index in [0.29, 0.717) is 22.9 Å². The van der Waals surface area contributed by atoms with Crippen molar-refractivity contribution in [1.29, 1.82) is 0 Å². The van der Waals surface area contributed by atoms with Crippen molar-refractivity contribution < 1.29 is 27.1 Å². The van der Waals surface area contributed by atoms with Crippen LogP contribution in [0.2, 0.25) is 5.02 Å². The van der Waals surface area contributed by atoms with E-state index in [4.69, 9.17) is 16.3 Å². The number of carbonyl (C=O) groups excluding carboxylic acids is 1. The molecule has 0 bridgehead atoms. The zero-order valence-electron chi connectivity index (χ0n) is 11.5. The van der Waals surface area contributed by atoms with E-state index in [1.807, 2.05) is 0 Å². The number of hydrogen-bond acceptors (Lipinski definition) is 2. The molecule has 0 saturated carbocycles. The van der Waals surface area contributed by atoms with Gasteiger partial charge in [0.15, 0.2) is 6.61 Å². The highest BCUT2D eigenvalue weighted by atomic mass is 35.5. The largest absolute Gasteiger partial charge is 0.484 e. The second-order valence-electron chi connectivity index (χ2n) is 4.48. The summed E-state index contributed by atoms with van der Waals surface area (Å²) in [6.45, 7) is -0.416. The Balaban J connectivity index is 1.99. The van der Waals surface area contributed by atoms with E-state index in [1.54, 1.807) is 12.1 Å². The maximum Gasteiger partial charge on any atom is 0.419 e. The van der Waals surface area contributed by atoms with Gasteiger partial charge in [0.25, 0.3) is 5.91 Å². The van der Waals surface area contributed by atoms with Crippen LogP contribution in [0, 0.1) is 5.82 Å². The molecule has 23 heavy (non-hydrogen) atoms. The van der Waals surface area contributed by atoms with Gasteiger partial charge in [-0.1, -0.05) is 11.6 Å². The third-order valence-corrected chi connectivity index (χ3v) is 2.99. The zero-order chi connectivity index (χ0) is 17.0. The van der Waals surface area contributed by atoms with Crippen molar-refractivity contribution >= 4 is 23.2 Å². The van der Waals surface area contributed by atoms with Crippen molar-refractivity contribution in [3.63, 3.8) is 0 Å². The van der Waals surface area contributed by atoms with Gasteiger partial charge in [-0.15, -0.1) is 0 Å². The van der Waals surface area contributed by atoms with Crippen molar-refractivity contribution in [3.05, 3.63) is 58.9 Å². The summed E-state index contributed by atoms with van der Waals surface area (Å²) in [4.78, 5) is 11.7. The number of ether oxygens (including phenoxy) is 1. The maximum absolute atomic E-state index is 13.1. The van der Waals surface area contributed by atoms with Crippen LogP contribution in [0.1, 0.15) is 5.56 Å². The Morgan fingerprint density at radius 2 is 1.78 bits per heavy atom. The molecule has 3 nitrogen and oxygen atoms in total. The summed E-state index contributed by atoms with van der Waals surface area (Å²) in [5.74, 6) is -1.72. The molecule has 0 fully saturated rings. The minimum Gasteiger partial charge on any atom is -0.484 e. The Kier molecular flexibility index (Phi) is 5.10. The number of benzene rings is 2. The lowest BCUT2D eigenvalue weighted by atomic mass is 10.2. The lowest BCUT2D eigenvalue weighted by molar-refractivity contribution is -0.140. The summed E-state index contributed by atoms with van der Waals surface area (Å²) in [6, 6.07) is 8.39. The highest BCUT2D eigenvalue weighted by molar-refractivity contribution is 6.30. The van der Waals surface area contributed by atoms with Crippen LogP contribution in [0.3, 0.4) is 0 Å². The van der Waals surface area contributed by atoms with E-state index in [9.17, 15) is 22.4 Å². The average Bonchev–Trinajstić information content (AvgIpc) is 2.47. The maximum atomic E-state index is 13.1. The first-order valence-electron chi connectivity index (χ1n) is 6.30. The number of rotatable bonds is 4. The lowest BCUT2D eigenvalue weighted by Crippen LogP contribution is -2.20. The molecule has 0 heterocycles. The first-order valence-corrected chi connectivity index (χ1v) is 6.68. The standard InChI is InChI=1S/C15H10ClF4NO2/c16-9-1-4-11(5-2-9)23-8-14(22)21-10-3-6-13(17)12(7-10)15(18,19)20/h1-7H,8H2,(H,21,22). The van der Waals surface area contributed by atoms with Crippen molar-refractivity contribution in [1.82, 2.24) is 0 Å². The van der Waals surface area contributed by atoms with Gasteiger partial charge in [-0.25, -0.2) is 4.39 Å². The molecule has 0 aliphatic heterocycles. The SMILES string of the molecule is O=C(COc1ccc(Cl)cc1)Nc1ccc(F)c(C(F)(F)F)c1. The first kappa shape index (κ1) is 17.1. The third-order valence-electron chi connectivity index (χ3n) is 2.74. The topological polar surface area (TPSA) is 38.3 Å². The van der Waals surface area contributed by atoms with Crippen molar-refractivity contribution in [2.24, 2.45) is 0 Å². The quantitative estimate of drug-likeness (QED) is 0.826. The predicted molar refractivity (Wildman–Crippen MR) is 77.0 cm³/mol. The highest BCUT2D eigenvalue weighted by Crippen LogP contribution is 2.32. The summed E-state index contributed by atoms with van der Waals surface area (Å²) >= 11 is 5.69. The molecular weight excluding hydrogens is 338 g/mol. The van der Waals surface area contributed by atoms with E-state index >= 15 is 0 Å². The van der Waals surface area contributed by atoms with Gasteiger partial charge in [-0.3, -0.25) is 4.79 Å². The smallest absolute Gasteiger partial charge is 0.419 e. The minimum atomic E-state index is -4.84. The summed E-state index contributed by atoms with van der Waals surface area (Å²) < 4.78 is 56.0. The van der Waals surface area contributed by atoms with Crippen LogP contribution in [-0.4, -0.2) is 12.5 Å². The zero-order valence-corrected chi connectivity index (χ0v) is 12.2. The van der Waals surface area contributed by atoms with Gasteiger partial charge in [0.2, 0.25) is 0 Å². The monoisotopic (exact) mass is 347 g/mol. The molecule has 2 aromatic rings. The van der Waals surface area contributed by atoms with E-state index in [1.165, 1.54) is 12.1 Å². The molecule has 8 heteroatoms. The number of nitrogens with one attached hydrogen (secondary N) is 1. The molecule has 122 valence electrons. The van der Waals surface area contributed by atoms with E-state index < -0.39 is 30.1 Å². The Morgan fingerprint density at radius 3 is 2.39 bits per heavy atom. The highest BCUT2D eigenvalue weighted by Gasteiger charge is 2.34. The second-order valence-corrected chi connectivity index (χ2v) is 4.92. The molecule has 0 atom stereocenters. The molecule has 1 N–H and O–H groups in total. The normalized spacial score (nSPS) is 11.2. The van der Waals surface area contributed by atoms with E-state index in [-0.39, 0.29) is 5.69 Å². The number of hydrogen-bond donors (Lipinski definition) is 1. The molecule has 2 aromatic carbocycles. The number of halogens is 5. The summed E-state index contributed by atoms with van der Waals surface area (Å²) in [7, 11) is 0. The van der Waals surface area contributed by atoms with Crippen molar-refractivity contribution in [2.45, 2.75) is 6.18 Å². The number of carbonyl (C=O) groups is 1. The van der Waals surface area contributed by atoms with Crippen LogP contribution < -0.4 is 10.1 Å². The summed E-state index contributed by atoms with van der Waals surface area (Å²) in [6.07, 6.45) is -4.84. The first-order chi connectivity index (χ1) is 10.8. The van der Waals surface area contributed by atoms with Crippen molar-refractivity contribution in [2.75, 3.05) is 11.9 Å². The van der Waals surface area contributed by atoms with Crippen LogP contribution in [0.25, 0.3) is 0 Å². The Morgan fingerprint density at radius 1 is 1.13 bits per heavy atom. The Bertz CT molecular complexity index is 702. The molecule has 0 unspecified atom stereocenters. The molecule has 0 aliphatic rings. The predicted octanol–water partition coefficient (Wildman–Crippen LogP) is 4.52. The van der Waals surface area contributed by atoms with Gasteiger partial charge in [0.05, 0.1) is 5.56 Å². The van der Waals surface area contributed by atoms with Crippen LogP contribution in [-0.2, 0) is 11.0 Å². The molecule has 0 aliphatic carbocycles. The fraction of sp³-hybridized carbons (Fsp3) is 0.133.